The molecule has 44 heavy (non-hydrogen) atoms. The molecule has 0 spiro atoms. The molecule has 0 atom stereocenters. The van der Waals surface area contributed by atoms with Gasteiger partial charge in [0.2, 0.25) is 22.6 Å². The van der Waals surface area contributed by atoms with E-state index in [1.54, 1.807) is 36.7 Å². The summed E-state index contributed by atoms with van der Waals surface area (Å²) >= 11 is 0. The van der Waals surface area contributed by atoms with E-state index in [1.807, 2.05) is 84.9 Å². The highest BCUT2D eigenvalue weighted by Crippen LogP contribution is 2.24. The van der Waals surface area contributed by atoms with Gasteiger partial charge in [0.1, 0.15) is 22.3 Å². The van der Waals surface area contributed by atoms with Gasteiger partial charge in [-0.15, -0.1) is 0 Å². The first kappa shape index (κ1) is 28.4. The summed E-state index contributed by atoms with van der Waals surface area (Å²) in [6.45, 7) is 1.01. The number of nitrogens with one attached hydrogen (secondary N) is 2. The second-order valence-electron chi connectivity index (χ2n) is 10.1. The van der Waals surface area contributed by atoms with Gasteiger partial charge in [0.15, 0.2) is 0 Å². The van der Waals surface area contributed by atoms with E-state index in [2.05, 4.69) is 20.6 Å². The highest BCUT2D eigenvalue weighted by molar-refractivity contribution is 5.93. The lowest BCUT2D eigenvalue weighted by Gasteiger charge is -2.09. The summed E-state index contributed by atoms with van der Waals surface area (Å²) < 4.78 is 12.1. The van der Waals surface area contributed by atoms with Crippen molar-refractivity contribution in [3.63, 3.8) is 0 Å². The Hall–Kier alpha value is -5.76. The summed E-state index contributed by atoms with van der Waals surface area (Å²) in [7, 11) is 0. The fourth-order valence-electron chi connectivity index (χ4n) is 4.76. The van der Waals surface area contributed by atoms with Gasteiger partial charge in [-0.05, 0) is 61.4 Å². The van der Waals surface area contributed by atoms with E-state index >= 15 is 0 Å². The van der Waals surface area contributed by atoms with E-state index < -0.39 is 0 Å². The van der Waals surface area contributed by atoms with Gasteiger partial charge in [-0.1, -0.05) is 60.7 Å². The van der Waals surface area contributed by atoms with Crippen LogP contribution in [0.15, 0.2) is 138 Å². The van der Waals surface area contributed by atoms with E-state index in [0.29, 0.717) is 57.9 Å². The van der Waals surface area contributed by atoms with Gasteiger partial charge in [-0.2, -0.15) is 0 Å². The molecule has 0 aliphatic rings. The van der Waals surface area contributed by atoms with Crippen LogP contribution in [0.1, 0.15) is 24.0 Å². The van der Waals surface area contributed by atoms with E-state index in [9.17, 15) is 9.59 Å². The zero-order valence-corrected chi connectivity index (χ0v) is 23.9. The van der Waals surface area contributed by atoms with E-state index in [0.717, 1.165) is 24.2 Å². The highest BCUT2D eigenvalue weighted by Gasteiger charge is 2.14. The Morgan fingerprint density at radius 3 is 1.34 bits per heavy atom. The number of unbranched alkanes of at least 4 members (excludes halogenated alkanes) is 1. The number of hydrogen-bond donors (Lipinski definition) is 2. The Balaban J connectivity index is 1.13. The van der Waals surface area contributed by atoms with E-state index in [4.69, 9.17) is 8.83 Å². The molecule has 2 aromatic heterocycles. The smallest absolute Gasteiger partial charge is 0.210 e. The van der Waals surface area contributed by atoms with Gasteiger partial charge < -0.3 is 19.5 Å². The third kappa shape index (κ3) is 6.50. The monoisotopic (exact) mass is 582 g/mol. The van der Waals surface area contributed by atoms with Gasteiger partial charge in [0, 0.05) is 36.9 Å². The van der Waals surface area contributed by atoms with Crippen molar-refractivity contribution in [2.24, 2.45) is 9.98 Å². The molecule has 4 aromatic carbocycles. The molecule has 2 heterocycles. The lowest BCUT2D eigenvalue weighted by molar-refractivity contribution is 0.620. The molecule has 0 saturated heterocycles. The average molecular weight is 583 g/mol. The zero-order chi connectivity index (χ0) is 30.1. The van der Waals surface area contributed by atoms with E-state index in [1.165, 1.54) is 0 Å². The van der Waals surface area contributed by atoms with Crippen LogP contribution in [-0.4, -0.2) is 25.5 Å². The maximum Gasteiger partial charge on any atom is 0.210 e. The Morgan fingerprint density at radius 2 is 0.909 bits per heavy atom. The van der Waals surface area contributed by atoms with Crippen LogP contribution in [0.5, 0.6) is 0 Å². The van der Waals surface area contributed by atoms with Gasteiger partial charge >= 0.3 is 0 Å². The van der Waals surface area contributed by atoms with Crippen LogP contribution in [0.25, 0.3) is 21.9 Å². The van der Waals surface area contributed by atoms with Gasteiger partial charge in [-0.25, -0.2) is 0 Å². The molecule has 0 saturated carbocycles. The molecule has 0 amide bonds. The molecule has 0 unspecified atom stereocenters. The summed E-state index contributed by atoms with van der Waals surface area (Å²) in [5.41, 5.74) is 3.07. The molecule has 8 nitrogen and oxygen atoms in total. The minimum Gasteiger partial charge on any atom is -0.439 e. The summed E-state index contributed by atoms with van der Waals surface area (Å²) in [5, 5.41) is 7.42. The third-order valence-electron chi connectivity index (χ3n) is 6.99. The SMILES string of the molecule is O=c1c(C=NCCCCN=Cc2c(Nc3ccccc3)oc3ccccc3c2=O)c(Nc2ccccc2)oc2ccccc12. The number of benzene rings is 4. The molecular formula is C36H30N4O4. The number of hydrogen-bond acceptors (Lipinski definition) is 8. The number of para-hydroxylation sites is 4. The Kier molecular flexibility index (Phi) is 8.69. The van der Waals surface area contributed by atoms with Crippen molar-refractivity contribution >= 4 is 57.5 Å². The average Bonchev–Trinajstić information content (AvgIpc) is 3.06. The maximum atomic E-state index is 13.3. The van der Waals surface area contributed by atoms with Crippen molar-refractivity contribution in [2.45, 2.75) is 12.8 Å². The van der Waals surface area contributed by atoms with Gasteiger partial charge in [0.25, 0.3) is 0 Å². The summed E-state index contributed by atoms with van der Waals surface area (Å²) in [4.78, 5) is 35.6. The first-order chi connectivity index (χ1) is 21.7. The van der Waals surface area contributed by atoms with Crippen LogP contribution in [0.2, 0.25) is 0 Å². The number of nitrogens with zero attached hydrogens (tertiary/aromatic N) is 2. The molecule has 0 bridgehead atoms. The quantitative estimate of drug-likeness (QED) is 0.120. The minimum absolute atomic E-state index is 0.146. The van der Waals surface area contributed by atoms with Crippen LogP contribution >= 0.6 is 0 Å². The Labute approximate surface area is 253 Å². The van der Waals surface area contributed by atoms with E-state index in [-0.39, 0.29) is 10.9 Å². The summed E-state index contributed by atoms with van der Waals surface area (Å²) in [6, 6.07) is 33.4. The van der Waals surface area contributed by atoms with Crippen molar-refractivity contribution in [2.75, 3.05) is 23.7 Å². The number of rotatable bonds is 11. The molecule has 0 radical (unpaired) electrons. The first-order valence-electron chi connectivity index (χ1n) is 14.4. The zero-order valence-electron chi connectivity index (χ0n) is 23.9. The second-order valence-corrected chi connectivity index (χ2v) is 10.1. The fourth-order valence-corrected chi connectivity index (χ4v) is 4.76. The third-order valence-corrected chi connectivity index (χ3v) is 6.99. The highest BCUT2D eigenvalue weighted by atomic mass is 16.4. The van der Waals surface area contributed by atoms with Crippen molar-refractivity contribution in [1.29, 1.82) is 0 Å². The Morgan fingerprint density at radius 1 is 0.523 bits per heavy atom. The maximum absolute atomic E-state index is 13.3. The van der Waals surface area contributed by atoms with Crippen LogP contribution < -0.4 is 21.5 Å². The van der Waals surface area contributed by atoms with Crippen molar-refractivity contribution in [1.82, 2.24) is 0 Å². The number of fused-ring (bicyclic) bond motifs is 2. The molecule has 0 aliphatic carbocycles. The topological polar surface area (TPSA) is 109 Å². The normalized spacial score (nSPS) is 11.5. The van der Waals surface area contributed by atoms with Crippen molar-refractivity contribution in [3.05, 3.63) is 141 Å². The van der Waals surface area contributed by atoms with Gasteiger partial charge in [-0.3, -0.25) is 19.6 Å². The van der Waals surface area contributed by atoms with Crippen molar-refractivity contribution < 1.29 is 8.83 Å². The van der Waals surface area contributed by atoms with Crippen LogP contribution in [0, 0.1) is 0 Å². The second kappa shape index (κ2) is 13.5. The van der Waals surface area contributed by atoms with Crippen LogP contribution in [0.3, 0.4) is 0 Å². The molecular weight excluding hydrogens is 552 g/mol. The van der Waals surface area contributed by atoms with Crippen LogP contribution in [-0.2, 0) is 0 Å². The fraction of sp³-hybridized carbons (Fsp3) is 0.111. The predicted octanol–water partition coefficient (Wildman–Crippen LogP) is 7.70. The predicted molar refractivity (Wildman–Crippen MR) is 179 cm³/mol. The lowest BCUT2D eigenvalue weighted by Crippen LogP contribution is -2.12. The molecule has 0 aliphatic heterocycles. The van der Waals surface area contributed by atoms with Gasteiger partial charge in [0.05, 0.1) is 10.8 Å². The molecule has 2 N–H and O–H groups in total. The first-order valence-corrected chi connectivity index (χ1v) is 14.4. The lowest BCUT2D eigenvalue weighted by atomic mass is 10.1. The summed E-state index contributed by atoms with van der Waals surface area (Å²) in [6.07, 6.45) is 4.65. The van der Waals surface area contributed by atoms with Crippen LogP contribution in [0.4, 0.5) is 23.1 Å². The number of aliphatic imine (C=N–C) groups is 2. The standard InChI is InChI=1S/C36H30N4O4/c41-33-27-17-7-9-19-31(27)43-35(39-25-13-3-1-4-14-25)29(33)23-37-21-11-12-22-38-24-30-34(42)28-18-8-10-20-32(28)44-36(30)40-26-15-5-2-6-16-26/h1-10,13-20,23-24,39-40H,11-12,21-22H2. The molecule has 0 fully saturated rings. The molecule has 8 heteroatoms. The Bertz CT molecular complexity index is 1920. The summed E-state index contributed by atoms with van der Waals surface area (Å²) in [5.74, 6) is 0.699. The van der Waals surface area contributed by atoms with Crippen molar-refractivity contribution in [3.8, 4) is 0 Å². The molecule has 6 rings (SSSR count). The number of anilines is 4. The largest absolute Gasteiger partial charge is 0.439 e. The molecule has 218 valence electrons. The molecule has 6 aromatic rings. The minimum atomic E-state index is -0.146.